The van der Waals surface area contributed by atoms with E-state index >= 15 is 0 Å². The van der Waals surface area contributed by atoms with E-state index in [0.29, 0.717) is 24.2 Å². The number of benzene rings is 2. The predicted molar refractivity (Wildman–Crippen MR) is 114 cm³/mol. The van der Waals surface area contributed by atoms with E-state index in [1.165, 1.54) is 0 Å². The Morgan fingerprint density at radius 2 is 1.66 bits per heavy atom. The van der Waals surface area contributed by atoms with Crippen molar-refractivity contribution in [2.45, 2.75) is 32.7 Å². The standard InChI is InChI=1S/C24H25N3O2/c1-16-7-3-4-8-19(16)23(28)26-18-11-13-27(14-12-18)24(29)21-15-17(2)25-22-10-6-5-9-20(21)22/h3-10,15,18H,11-14H2,1-2H3,(H,26,28). The van der Waals surface area contributed by atoms with Gasteiger partial charge in [-0.15, -0.1) is 0 Å². The summed E-state index contributed by atoms with van der Waals surface area (Å²) in [6.45, 7) is 5.12. The zero-order valence-electron chi connectivity index (χ0n) is 16.8. The number of nitrogens with zero attached hydrogens (tertiary/aromatic N) is 2. The molecule has 1 aliphatic rings. The van der Waals surface area contributed by atoms with Gasteiger partial charge in [0.05, 0.1) is 11.1 Å². The Kier molecular flexibility index (Phi) is 5.30. The smallest absolute Gasteiger partial charge is 0.254 e. The lowest BCUT2D eigenvalue weighted by Crippen LogP contribution is -2.46. The van der Waals surface area contributed by atoms with Crippen molar-refractivity contribution < 1.29 is 9.59 Å². The van der Waals surface area contributed by atoms with Gasteiger partial charge in [-0.2, -0.15) is 0 Å². The molecule has 0 spiro atoms. The first-order chi connectivity index (χ1) is 14.0. The van der Waals surface area contributed by atoms with Crippen molar-refractivity contribution in [3.63, 3.8) is 0 Å². The lowest BCUT2D eigenvalue weighted by atomic mass is 10.0. The SMILES string of the molecule is Cc1cc(C(=O)N2CCC(NC(=O)c3ccccc3C)CC2)c2ccccc2n1. The number of piperidine rings is 1. The van der Waals surface area contributed by atoms with E-state index in [0.717, 1.165) is 35.0 Å². The number of carbonyl (C=O) groups is 2. The van der Waals surface area contributed by atoms with E-state index in [4.69, 9.17) is 0 Å². The molecule has 4 rings (SSSR count). The van der Waals surface area contributed by atoms with Crippen LogP contribution < -0.4 is 5.32 Å². The molecule has 1 N–H and O–H groups in total. The molecule has 148 valence electrons. The Bertz CT molecular complexity index is 1070. The monoisotopic (exact) mass is 387 g/mol. The first-order valence-corrected chi connectivity index (χ1v) is 10.0. The minimum absolute atomic E-state index is 0.0374. The average Bonchev–Trinajstić information content (AvgIpc) is 2.73. The summed E-state index contributed by atoms with van der Waals surface area (Å²) < 4.78 is 0. The molecule has 1 fully saturated rings. The highest BCUT2D eigenvalue weighted by atomic mass is 16.2. The number of rotatable bonds is 3. The topological polar surface area (TPSA) is 62.3 Å². The normalized spacial score (nSPS) is 14.8. The average molecular weight is 387 g/mol. The number of hydrogen-bond acceptors (Lipinski definition) is 3. The van der Waals surface area contributed by atoms with Crippen LogP contribution in [-0.2, 0) is 0 Å². The van der Waals surface area contributed by atoms with Gasteiger partial charge in [-0.25, -0.2) is 0 Å². The molecular weight excluding hydrogens is 362 g/mol. The van der Waals surface area contributed by atoms with Crippen LogP contribution in [0.1, 0.15) is 44.8 Å². The van der Waals surface area contributed by atoms with Crippen LogP contribution in [0.2, 0.25) is 0 Å². The number of carbonyl (C=O) groups excluding carboxylic acids is 2. The van der Waals surface area contributed by atoms with Gasteiger partial charge in [-0.1, -0.05) is 36.4 Å². The van der Waals surface area contributed by atoms with Crippen molar-refractivity contribution in [3.05, 3.63) is 77.0 Å². The van der Waals surface area contributed by atoms with Gasteiger partial charge in [-0.3, -0.25) is 14.6 Å². The molecule has 2 aromatic carbocycles. The molecule has 0 radical (unpaired) electrons. The first kappa shape index (κ1) is 19.1. The lowest BCUT2D eigenvalue weighted by Gasteiger charge is -2.32. The molecule has 0 unspecified atom stereocenters. The van der Waals surface area contributed by atoms with Gasteiger partial charge in [0.15, 0.2) is 0 Å². The van der Waals surface area contributed by atoms with Crippen LogP contribution in [0.3, 0.4) is 0 Å². The molecular formula is C24H25N3O2. The minimum atomic E-state index is -0.0383. The fraction of sp³-hybridized carbons (Fsp3) is 0.292. The van der Waals surface area contributed by atoms with Crippen LogP contribution in [-0.4, -0.2) is 40.8 Å². The summed E-state index contributed by atoms with van der Waals surface area (Å²) in [5, 5.41) is 4.01. The number of nitrogens with one attached hydrogen (secondary N) is 1. The summed E-state index contributed by atoms with van der Waals surface area (Å²) in [4.78, 5) is 32.1. The summed E-state index contributed by atoms with van der Waals surface area (Å²) in [7, 11) is 0. The van der Waals surface area contributed by atoms with Gasteiger partial charge in [0.25, 0.3) is 11.8 Å². The van der Waals surface area contributed by atoms with Crippen LogP contribution in [0, 0.1) is 13.8 Å². The first-order valence-electron chi connectivity index (χ1n) is 10.0. The van der Waals surface area contributed by atoms with Crippen molar-refractivity contribution in [1.82, 2.24) is 15.2 Å². The van der Waals surface area contributed by atoms with E-state index in [1.54, 1.807) is 0 Å². The molecule has 1 aromatic heterocycles. The predicted octanol–water partition coefficient (Wildman–Crippen LogP) is 3.89. The largest absolute Gasteiger partial charge is 0.349 e. The summed E-state index contributed by atoms with van der Waals surface area (Å²) >= 11 is 0. The summed E-state index contributed by atoms with van der Waals surface area (Å²) in [6, 6.07) is 17.3. The lowest BCUT2D eigenvalue weighted by molar-refractivity contribution is 0.0700. The van der Waals surface area contributed by atoms with Crippen molar-refractivity contribution in [2.75, 3.05) is 13.1 Å². The summed E-state index contributed by atoms with van der Waals surface area (Å²) in [5.41, 5.74) is 4.07. The number of pyridine rings is 1. The molecule has 2 heterocycles. The third-order valence-electron chi connectivity index (χ3n) is 5.58. The van der Waals surface area contributed by atoms with Gasteiger partial charge in [-0.05, 0) is 50.5 Å². The fourth-order valence-corrected chi connectivity index (χ4v) is 3.97. The second-order valence-corrected chi connectivity index (χ2v) is 7.68. The number of aryl methyl sites for hydroxylation is 2. The number of hydrogen-bond donors (Lipinski definition) is 1. The highest BCUT2D eigenvalue weighted by molar-refractivity contribution is 6.06. The summed E-state index contributed by atoms with van der Waals surface area (Å²) in [6.07, 6.45) is 1.51. The molecule has 0 aliphatic carbocycles. The highest BCUT2D eigenvalue weighted by Gasteiger charge is 2.26. The maximum absolute atomic E-state index is 13.2. The number of fused-ring (bicyclic) bond motifs is 1. The Hall–Kier alpha value is -3.21. The van der Waals surface area contributed by atoms with Crippen LogP contribution in [0.25, 0.3) is 10.9 Å². The zero-order valence-corrected chi connectivity index (χ0v) is 16.8. The maximum Gasteiger partial charge on any atom is 0.254 e. The van der Waals surface area contributed by atoms with E-state index in [1.807, 2.05) is 73.3 Å². The van der Waals surface area contributed by atoms with Crippen LogP contribution in [0.5, 0.6) is 0 Å². The Balaban J connectivity index is 1.43. The number of likely N-dealkylation sites (tertiary alicyclic amines) is 1. The third kappa shape index (κ3) is 3.99. The van der Waals surface area contributed by atoms with Crippen molar-refractivity contribution in [1.29, 1.82) is 0 Å². The molecule has 3 aromatic rings. The highest BCUT2D eigenvalue weighted by Crippen LogP contribution is 2.22. The van der Waals surface area contributed by atoms with Crippen molar-refractivity contribution in [2.24, 2.45) is 0 Å². The molecule has 0 atom stereocenters. The van der Waals surface area contributed by atoms with E-state index in [-0.39, 0.29) is 17.9 Å². The molecule has 1 aliphatic heterocycles. The fourth-order valence-electron chi connectivity index (χ4n) is 3.97. The van der Waals surface area contributed by atoms with Gasteiger partial charge in [0, 0.05) is 35.8 Å². The van der Waals surface area contributed by atoms with Crippen LogP contribution in [0.15, 0.2) is 54.6 Å². The van der Waals surface area contributed by atoms with Crippen molar-refractivity contribution in [3.8, 4) is 0 Å². The van der Waals surface area contributed by atoms with E-state index in [9.17, 15) is 9.59 Å². The molecule has 5 heteroatoms. The van der Waals surface area contributed by atoms with Gasteiger partial charge in [0.2, 0.25) is 0 Å². The molecule has 5 nitrogen and oxygen atoms in total. The molecule has 0 saturated carbocycles. The van der Waals surface area contributed by atoms with Gasteiger partial charge < -0.3 is 10.2 Å². The molecule has 1 saturated heterocycles. The van der Waals surface area contributed by atoms with Crippen LogP contribution in [0.4, 0.5) is 0 Å². The van der Waals surface area contributed by atoms with E-state index < -0.39 is 0 Å². The Labute approximate surface area is 170 Å². The third-order valence-corrected chi connectivity index (χ3v) is 5.58. The Morgan fingerprint density at radius 1 is 0.966 bits per heavy atom. The Morgan fingerprint density at radius 3 is 2.41 bits per heavy atom. The quantitative estimate of drug-likeness (QED) is 0.742. The zero-order chi connectivity index (χ0) is 20.4. The molecule has 29 heavy (non-hydrogen) atoms. The molecule has 0 bridgehead atoms. The number of aromatic nitrogens is 1. The number of para-hydroxylation sites is 1. The maximum atomic E-state index is 13.2. The second kappa shape index (κ2) is 8.03. The number of amides is 2. The summed E-state index contributed by atoms with van der Waals surface area (Å²) in [5.74, 6) is -0.000917. The van der Waals surface area contributed by atoms with Crippen LogP contribution >= 0.6 is 0 Å². The van der Waals surface area contributed by atoms with Crippen molar-refractivity contribution >= 4 is 22.7 Å². The minimum Gasteiger partial charge on any atom is -0.349 e. The van der Waals surface area contributed by atoms with E-state index in [2.05, 4.69) is 10.3 Å². The second-order valence-electron chi connectivity index (χ2n) is 7.68. The molecule has 2 amide bonds. The van der Waals surface area contributed by atoms with Gasteiger partial charge >= 0.3 is 0 Å². The van der Waals surface area contributed by atoms with Gasteiger partial charge in [0.1, 0.15) is 0 Å².